The second-order valence-corrected chi connectivity index (χ2v) is 6.38. The molecule has 1 amide bonds. The Balaban J connectivity index is 1.84. The minimum absolute atomic E-state index is 0.0983. The fourth-order valence-electron chi connectivity index (χ4n) is 2.29. The Labute approximate surface area is 130 Å². The monoisotopic (exact) mass is 321 g/mol. The first-order chi connectivity index (χ1) is 10.0. The van der Waals surface area contributed by atoms with Gasteiger partial charge in [-0.25, -0.2) is 9.97 Å². The Bertz CT molecular complexity index is 729. The maximum atomic E-state index is 12.1. The lowest BCUT2D eigenvalue weighted by Crippen LogP contribution is -2.16. The van der Waals surface area contributed by atoms with Crippen LogP contribution in [-0.2, 0) is 6.42 Å². The van der Waals surface area contributed by atoms with Gasteiger partial charge in [0.05, 0.1) is 16.1 Å². The molecule has 0 saturated carbocycles. The smallest absolute Gasteiger partial charge is 0.260 e. The normalized spacial score (nSPS) is 17.4. The quantitative estimate of drug-likeness (QED) is 0.862. The van der Waals surface area contributed by atoms with Crippen molar-refractivity contribution in [3.63, 3.8) is 0 Å². The van der Waals surface area contributed by atoms with E-state index in [9.17, 15) is 9.59 Å². The highest BCUT2D eigenvalue weighted by Crippen LogP contribution is 2.32. The Morgan fingerprint density at radius 2 is 2.29 bits per heavy atom. The summed E-state index contributed by atoms with van der Waals surface area (Å²) in [6, 6.07) is 3.23. The molecule has 7 heteroatoms. The van der Waals surface area contributed by atoms with Crippen LogP contribution in [0.15, 0.2) is 18.3 Å². The predicted molar refractivity (Wildman–Crippen MR) is 81.1 cm³/mol. The molecule has 2 heterocycles. The standard InChI is InChI=1S/C14H12ClN3O2S/c1-7-5-9-11(10(19)6-7)21-14(17-9)18-13(20)8-3-2-4-16-12(8)15/h2-4,7H,5-6H2,1H3,(H,17,18,20). The van der Waals surface area contributed by atoms with Gasteiger partial charge in [0, 0.05) is 12.6 Å². The number of hydrogen-bond acceptors (Lipinski definition) is 5. The van der Waals surface area contributed by atoms with Crippen LogP contribution in [0.2, 0.25) is 5.15 Å². The summed E-state index contributed by atoms with van der Waals surface area (Å²) in [5.74, 6) is 0.0178. The van der Waals surface area contributed by atoms with Crippen LogP contribution >= 0.6 is 22.9 Å². The van der Waals surface area contributed by atoms with Crippen LogP contribution in [0.1, 0.15) is 39.1 Å². The molecule has 0 aliphatic heterocycles. The molecule has 21 heavy (non-hydrogen) atoms. The Morgan fingerprint density at radius 1 is 1.48 bits per heavy atom. The van der Waals surface area contributed by atoms with Crippen LogP contribution in [0.25, 0.3) is 0 Å². The minimum Gasteiger partial charge on any atom is -0.298 e. The Morgan fingerprint density at radius 3 is 3.05 bits per heavy atom. The van der Waals surface area contributed by atoms with Crippen molar-refractivity contribution in [2.75, 3.05) is 5.32 Å². The third-order valence-corrected chi connectivity index (χ3v) is 4.61. The molecular formula is C14H12ClN3O2S. The number of carbonyl (C=O) groups excluding carboxylic acids is 2. The molecule has 1 unspecified atom stereocenters. The third-order valence-electron chi connectivity index (χ3n) is 3.25. The van der Waals surface area contributed by atoms with Gasteiger partial charge >= 0.3 is 0 Å². The molecule has 0 spiro atoms. The van der Waals surface area contributed by atoms with Crippen LogP contribution in [0, 0.1) is 5.92 Å². The molecule has 0 fully saturated rings. The lowest BCUT2D eigenvalue weighted by Gasteiger charge is -2.14. The van der Waals surface area contributed by atoms with Crippen molar-refractivity contribution in [1.82, 2.24) is 9.97 Å². The molecule has 0 aromatic carbocycles. The molecule has 5 nitrogen and oxygen atoms in total. The average Bonchev–Trinajstić information content (AvgIpc) is 2.81. The van der Waals surface area contributed by atoms with Gasteiger partial charge in [0.25, 0.3) is 5.91 Å². The first-order valence-electron chi connectivity index (χ1n) is 6.49. The summed E-state index contributed by atoms with van der Waals surface area (Å²) in [5, 5.41) is 3.25. The summed E-state index contributed by atoms with van der Waals surface area (Å²) in [5.41, 5.74) is 1.06. The molecule has 2 aromatic rings. The molecule has 0 radical (unpaired) electrons. The second kappa shape index (κ2) is 5.54. The zero-order valence-electron chi connectivity index (χ0n) is 11.2. The van der Waals surface area contributed by atoms with Gasteiger partial charge in [0.15, 0.2) is 10.9 Å². The van der Waals surface area contributed by atoms with E-state index < -0.39 is 0 Å². The Hall–Kier alpha value is -1.79. The maximum absolute atomic E-state index is 12.1. The lowest BCUT2D eigenvalue weighted by molar-refractivity contribution is 0.0956. The van der Waals surface area contributed by atoms with Crippen molar-refractivity contribution in [3.8, 4) is 0 Å². The number of anilines is 1. The van der Waals surface area contributed by atoms with E-state index in [4.69, 9.17) is 11.6 Å². The molecule has 1 atom stereocenters. The van der Waals surface area contributed by atoms with Crippen LogP contribution < -0.4 is 5.32 Å². The maximum Gasteiger partial charge on any atom is 0.260 e. The number of pyridine rings is 1. The molecule has 108 valence electrons. The number of carbonyl (C=O) groups is 2. The van der Waals surface area contributed by atoms with Crippen molar-refractivity contribution in [1.29, 1.82) is 0 Å². The van der Waals surface area contributed by atoms with Crippen LogP contribution in [0.4, 0.5) is 5.13 Å². The molecule has 1 N–H and O–H groups in total. The number of ketones is 1. The number of rotatable bonds is 2. The number of thiazole rings is 1. The number of amides is 1. The molecule has 3 rings (SSSR count). The third kappa shape index (κ3) is 2.82. The average molecular weight is 322 g/mol. The van der Waals surface area contributed by atoms with Gasteiger partial charge in [-0.3, -0.25) is 14.9 Å². The first-order valence-corrected chi connectivity index (χ1v) is 7.69. The highest BCUT2D eigenvalue weighted by molar-refractivity contribution is 7.17. The molecule has 1 aliphatic rings. The first kappa shape index (κ1) is 14.2. The fourth-order valence-corrected chi connectivity index (χ4v) is 3.43. The van der Waals surface area contributed by atoms with Gasteiger partial charge in [-0.15, -0.1) is 0 Å². The summed E-state index contributed by atoms with van der Waals surface area (Å²) in [6.07, 6.45) is 2.82. The van der Waals surface area contributed by atoms with Gasteiger partial charge in [0.1, 0.15) is 5.15 Å². The van der Waals surface area contributed by atoms with E-state index in [0.29, 0.717) is 22.3 Å². The number of aromatic nitrogens is 2. The van der Waals surface area contributed by atoms with Gasteiger partial charge in [-0.1, -0.05) is 29.9 Å². The van der Waals surface area contributed by atoms with E-state index in [1.807, 2.05) is 6.92 Å². The van der Waals surface area contributed by atoms with Crippen LogP contribution in [0.5, 0.6) is 0 Å². The van der Waals surface area contributed by atoms with E-state index >= 15 is 0 Å². The molecular weight excluding hydrogens is 310 g/mol. The van der Waals surface area contributed by atoms with Gasteiger partial charge in [0.2, 0.25) is 0 Å². The molecule has 1 aliphatic carbocycles. The van der Waals surface area contributed by atoms with E-state index in [1.165, 1.54) is 17.5 Å². The minimum atomic E-state index is -0.375. The van der Waals surface area contributed by atoms with Crippen molar-refractivity contribution in [3.05, 3.63) is 39.6 Å². The van der Waals surface area contributed by atoms with Gasteiger partial charge < -0.3 is 0 Å². The molecule has 0 bridgehead atoms. The van der Waals surface area contributed by atoms with E-state index in [-0.39, 0.29) is 22.4 Å². The summed E-state index contributed by atoms with van der Waals surface area (Å²) < 4.78 is 0. The van der Waals surface area contributed by atoms with E-state index in [1.54, 1.807) is 12.1 Å². The van der Waals surface area contributed by atoms with E-state index in [2.05, 4.69) is 15.3 Å². The van der Waals surface area contributed by atoms with Crippen molar-refractivity contribution >= 4 is 39.8 Å². The van der Waals surface area contributed by atoms with Crippen molar-refractivity contribution in [2.24, 2.45) is 5.92 Å². The fraction of sp³-hybridized carbons (Fsp3) is 0.286. The Kier molecular flexibility index (Phi) is 3.73. The van der Waals surface area contributed by atoms with Crippen LogP contribution in [0.3, 0.4) is 0 Å². The summed E-state index contributed by atoms with van der Waals surface area (Å²) in [6.45, 7) is 2.02. The summed E-state index contributed by atoms with van der Waals surface area (Å²) >= 11 is 7.10. The predicted octanol–water partition coefficient (Wildman–Crippen LogP) is 3.21. The highest BCUT2D eigenvalue weighted by atomic mass is 35.5. The number of halogens is 1. The van der Waals surface area contributed by atoms with Crippen molar-refractivity contribution in [2.45, 2.75) is 19.8 Å². The SMILES string of the molecule is CC1CC(=O)c2sc(NC(=O)c3cccnc3Cl)nc2C1. The number of Topliss-reactive ketones (excluding diaryl/α,β-unsaturated/α-hetero) is 1. The van der Waals surface area contributed by atoms with Crippen LogP contribution in [-0.4, -0.2) is 21.7 Å². The van der Waals surface area contributed by atoms with E-state index in [0.717, 1.165) is 12.1 Å². The number of nitrogens with one attached hydrogen (secondary N) is 1. The molecule has 2 aromatic heterocycles. The number of hydrogen-bond donors (Lipinski definition) is 1. The number of fused-ring (bicyclic) bond motifs is 1. The largest absolute Gasteiger partial charge is 0.298 e. The zero-order valence-corrected chi connectivity index (χ0v) is 12.8. The van der Waals surface area contributed by atoms with Crippen molar-refractivity contribution < 1.29 is 9.59 Å². The lowest BCUT2D eigenvalue weighted by atomic mass is 9.92. The highest BCUT2D eigenvalue weighted by Gasteiger charge is 2.27. The van der Waals surface area contributed by atoms with Gasteiger partial charge in [-0.2, -0.15) is 0 Å². The van der Waals surface area contributed by atoms with Gasteiger partial charge in [-0.05, 0) is 24.5 Å². The second-order valence-electron chi connectivity index (χ2n) is 5.03. The molecule has 0 saturated heterocycles. The summed E-state index contributed by atoms with van der Waals surface area (Å²) in [4.78, 5) is 33.0. The zero-order chi connectivity index (χ0) is 15.0. The topological polar surface area (TPSA) is 72.0 Å². The number of nitrogens with zero attached hydrogens (tertiary/aromatic N) is 2. The summed E-state index contributed by atoms with van der Waals surface area (Å²) in [7, 11) is 0.